The van der Waals surface area contributed by atoms with Crippen LogP contribution in [-0.2, 0) is 6.42 Å². The molecular formula is C18H27Br. The largest absolute Gasteiger partial charge is 0.0839 e. The highest BCUT2D eigenvalue weighted by atomic mass is 79.9. The van der Waals surface area contributed by atoms with Crippen LogP contribution in [0.15, 0.2) is 24.3 Å². The minimum Gasteiger partial charge on any atom is -0.0839 e. The lowest BCUT2D eigenvalue weighted by atomic mass is 9.85. The Morgan fingerprint density at radius 2 is 1.79 bits per heavy atom. The van der Waals surface area contributed by atoms with Gasteiger partial charge in [0.2, 0.25) is 0 Å². The predicted molar refractivity (Wildman–Crippen MR) is 87.9 cm³/mol. The van der Waals surface area contributed by atoms with Crippen molar-refractivity contribution in [1.82, 2.24) is 0 Å². The number of hydrogen-bond donors (Lipinski definition) is 0. The summed E-state index contributed by atoms with van der Waals surface area (Å²) in [5, 5.41) is 0. The van der Waals surface area contributed by atoms with Gasteiger partial charge >= 0.3 is 0 Å². The third-order valence-electron chi connectivity index (χ3n) is 4.43. The summed E-state index contributed by atoms with van der Waals surface area (Å²) in [6.45, 7) is 2.26. The third kappa shape index (κ3) is 4.95. The Kier molecular flexibility index (Phi) is 6.43. The van der Waals surface area contributed by atoms with Gasteiger partial charge in [-0.1, -0.05) is 85.6 Å². The molecule has 1 aliphatic rings. The molecule has 1 aliphatic carbocycles. The van der Waals surface area contributed by atoms with Gasteiger partial charge in [-0.15, -0.1) is 0 Å². The summed E-state index contributed by atoms with van der Waals surface area (Å²) in [4.78, 5) is 0.552. The van der Waals surface area contributed by atoms with Crippen molar-refractivity contribution in [3.63, 3.8) is 0 Å². The molecule has 0 nitrogen and oxygen atoms in total. The van der Waals surface area contributed by atoms with Crippen molar-refractivity contribution in [2.45, 2.75) is 69.5 Å². The average molecular weight is 323 g/mol. The highest BCUT2D eigenvalue weighted by Gasteiger charge is 2.18. The van der Waals surface area contributed by atoms with Crippen LogP contribution in [0.1, 0.15) is 74.2 Å². The Hall–Kier alpha value is -0.300. The van der Waals surface area contributed by atoms with Crippen LogP contribution in [0, 0.1) is 5.92 Å². The van der Waals surface area contributed by atoms with Crippen molar-refractivity contribution >= 4 is 15.9 Å². The molecule has 0 aliphatic heterocycles. The van der Waals surface area contributed by atoms with Crippen LogP contribution in [-0.4, -0.2) is 0 Å². The monoisotopic (exact) mass is 322 g/mol. The number of hydrogen-bond acceptors (Lipinski definition) is 0. The summed E-state index contributed by atoms with van der Waals surface area (Å²) in [5.74, 6) is 0.942. The SMILES string of the molecule is CCCCc1ccc(C(Br)CC2CCCCC2)cc1. The molecule has 19 heavy (non-hydrogen) atoms. The predicted octanol–water partition coefficient (Wildman–Crippen LogP) is 6.44. The molecular weight excluding hydrogens is 296 g/mol. The molecule has 1 heteroatoms. The normalized spacial score (nSPS) is 18.4. The molecule has 1 atom stereocenters. The standard InChI is InChI=1S/C18H27Br/c1-2-3-7-15-10-12-17(13-11-15)18(19)14-16-8-5-4-6-9-16/h10-13,16,18H,2-9,14H2,1H3. The van der Waals surface area contributed by atoms with Gasteiger partial charge in [-0.05, 0) is 36.3 Å². The van der Waals surface area contributed by atoms with Gasteiger partial charge in [-0.2, -0.15) is 0 Å². The number of unbranched alkanes of at least 4 members (excludes halogenated alkanes) is 1. The zero-order valence-electron chi connectivity index (χ0n) is 12.2. The van der Waals surface area contributed by atoms with Crippen molar-refractivity contribution in [3.05, 3.63) is 35.4 Å². The Bertz CT molecular complexity index is 348. The first-order chi connectivity index (χ1) is 9.29. The minimum atomic E-state index is 0.552. The Balaban J connectivity index is 1.85. The maximum atomic E-state index is 3.90. The zero-order valence-corrected chi connectivity index (χ0v) is 13.8. The van der Waals surface area contributed by atoms with Gasteiger partial charge in [0.25, 0.3) is 0 Å². The third-order valence-corrected chi connectivity index (χ3v) is 5.33. The van der Waals surface area contributed by atoms with E-state index >= 15 is 0 Å². The molecule has 1 aromatic carbocycles. The first kappa shape index (κ1) is 15.1. The van der Waals surface area contributed by atoms with E-state index in [1.807, 2.05) is 0 Å². The van der Waals surface area contributed by atoms with Gasteiger partial charge in [0, 0.05) is 4.83 Å². The lowest BCUT2D eigenvalue weighted by molar-refractivity contribution is 0.338. The Morgan fingerprint density at radius 1 is 1.11 bits per heavy atom. The van der Waals surface area contributed by atoms with Gasteiger partial charge in [-0.25, -0.2) is 0 Å². The summed E-state index contributed by atoms with van der Waals surface area (Å²) in [6, 6.07) is 9.29. The summed E-state index contributed by atoms with van der Waals surface area (Å²) in [5.41, 5.74) is 2.95. The van der Waals surface area contributed by atoms with E-state index in [0.717, 1.165) is 5.92 Å². The van der Waals surface area contributed by atoms with E-state index in [0.29, 0.717) is 4.83 Å². The minimum absolute atomic E-state index is 0.552. The van der Waals surface area contributed by atoms with Gasteiger partial charge in [0.05, 0.1) is 0 Å². The fraction of sp³-hybridized carbons (Fsp3) is 0.667. The van der Waals surface area contributed by atoms with Gasteiger partial charge < -0.3 is 0 Å². The first-order valence-electron chi connectivity index (χ1n) is 8.02. The highest BCUT2D eigenvalue weighted by molar-refractivity contribution is 9.09. The fourth-order valence-electron chi connectivity index (χ4n) is 3.13. The number of rotatable bonds is 6. The van der Waals surface area contributed by atoms with Crippen LogP contribution in [0.3, 0.4) is 0 Å². The molecule has 1 unspecified atom stereocenters. The Labute approximate surface area is 127 Å². The molecule has 1 saturated carbocycles. The van der Waals surface area contributed by atoms with Crippen LogP contribution >= 0.6 is 15.9 Å². The number of alkyl halides is 1. The quantitative estimate of drug-likeness (QED) is 0.529. The second kappa shape index (κ2) is 8.09. The van der Waals surface area contributed by atoms with Crippen LogP contribution < -0.4 is 0 Å². The molecule has 1 fully saturated rings. The number of aryl methyl sites for hydroxylation is 1. The second-order valence-corrected chi connectivity index (χ2v) is 7.16. The van der Waals surface area contributed by atoms with E-state index in [2.05, 4.69) is 47.1 Å². The topological polar surface area (TPSA) is 0 Å². The number of halogens is 1. The van der Waals surface area contributed by atoms with Crippen molar-refractivity contribution in [2.24, 2.45) is 5.92 Å². The van der Waals surface area contributed by atoms with E-state index in [-0.39, 0.29) is 0 Å². The van der Waals surface area contributed by atoms with Crippen LogP contribution in [0.25, 0.3) is 0 Å². The smallest absolute Gasteiger partial charge is 0.0397 e. The molecule has 106 valence electrons. The lowest BCUT2D eigenvalue weighted by Crippen LogP contribution is -2.08. The molecule has 0 heterocycles. The van der Waals surface area contributed by atoms with Gasteiger partial charge in [0.15, 0.2) is 0 Å². The molecule has 0 bridgehead atoms. The van der Waals surface area contributed by atoms with E-state index in [1.54, 1.807) is 0 Å². The molecule has 0 amide bonds. The van der Waals surface area contributed by atoms with E-state index < -0.39 is 0 Å². The highest BCUT2D eigenvalue weighted by Crippen LogP contribution is 2.36. The maximum Gasteiger partial charge on any atom is 0.0397 e. The van der Waals surface area contributed by atoms with Crippen molar-refractivity contribution in [3.8, 4) is 0 Å². The van der Waals surface area contributed by atoms with E-state index in [9.17, 15) is 0 Å². The molecule has 0 radical (unpaired) electrons. The van der Waals surface area contributed by atoms with Crippen LogP contribution in [0.5, 0.6) is 0 Å². The summed E-state index contributed by atoms with van der Waals surface area (Å²) < 4.78 is 0. The second-order valence-electron chi connectivity index (χ2n) is 6.05. The van der Waals surface area contributed by atoms with Crippen molar-refractivity contribution in [2.75, 3.05) is 0 Å². The Morgan fingerprint density at radius 3 is 2.42 bits per heavy atom. The summed E-state index contributed by atoms with van der Waals surface area (Å²) in [6.07, 6.45) is 12.4. The summed E-state index contributed by atoms with van der Waals surface area (Å²) in [7, 11) is 0. The molecule has 0 spiro atoms. The first-order valence-corrected chi connectivity index (χ1v) is 8.94. The van der Waals surface area contributed by atoms with Crippen LogP contribution in [0.4, 0.5) is 0 Å². The molecule has 1 aromatic rings. The average Bonchev–Trinajstić information content (AvgIpc) is 2.46. The molecule has 0 N–H and O–H groups in total. The maximum absolute atomic E-state index is 3.90. The lowest BCUT2D eigenvalue weighted by Gasteiger charge is -2.24. The fourth-order valence-corrected chi connectivity index (χ4v) is 3.96. The molecule has 2 rings (SSSR count). The zero-order chi connectivity index (χ0) is 13.5. The molecule has 0 aromatic heterocycles. The van der Waals surface area contributed by atoms with Gasteiger partial charge in [0.1, 0.15) is 0 Å². The van der Waals surface area contributed by atoms with Crippen molar-refractivity contribution in [1.29, 1.82) is 0 Å². The van der Waals surface area contributed by atoms with Crippen LogP contribution in [0.2, 0.25) is 0 Å². The van der Waals surface area contributed by atoms with E-state index in [1.165, 1.54) is 68.9 Å². The molecule has 0 saturated heterocycles. The van der Waals surface area contributed by atoms with E-state index in [4.69, 9.17) is 0 Å². The van der Waals surface area contributed by atoms with Crippen molar-refractivity contribution < 1.29 is 0 Å². The van der Waals surface area contributed by atoms with Gasteiger partial charge in [-0.3, -0.25) is 0 Å². The number of benzene rings is 1. The summed E-state index contributed by atoms with van der Waals surface area (Å²) >= 11 is 3.90.